The van der Waals surface area contributed by atoms with Crippen LogP contribution in [0, 0.1) is 5.92 Å². The zero-order valence-corrected chi connectivity index (χ0v) is 18.2. The fourth-order valence-electron chi connectivity index (χ4n) is 5.94. The minimum absolute atomic E-state index is 0.00162. The predicted octanol–water partition coefficient (Wildman–Crippen LogP) is 7.88. The maximum absolute atomic E-state index is 3.64. The summed E-state index contributed by atoms with van der Waals surface area (Å²) in [6.45, 7) is 4.76. The normalized spacial score (nSPS) is 15.2. The van der Waals surface area contributed by atoms with Gasteiger partial charge in [0, 0.05) is 27.2 Å². The van der Waals surface area contributed by atoms with Gasteiger partial charge in [-0.15, -0.1) is 0 Å². The Balaban J connectivity index is 1.56. The lowest BCUT2D eigenvalue weighted by Crippen LogP contribution is -2.35. The lowest BCUT2D eigenvalue weighted by atomic mass is 9.65. The standard InChI is InChI=1S/C30H27N/c1-3-20(2)30(26-13-7-4-10-22(26)23-11-5-8-14-27(23)30)19-21-16-17-25-24-12-6-9-15-28(24)31-29(25)18-21/h4-18,20,31H,3,19H2,1-2H3. The van der Waals surface area contributed by atoms with E-state index in [9.17, 15) is 0 Å². The Morgan fingerprint density at radius 3 is 2.03 bits per heavy atom. The van der Waals surface area contributed by atoms with Crippen LogP contribution in [0.4, 0.5) is 0 Å². The van der Waals surface area contributed by atoms with E-state index in [1.54, 1.807) is 0 Å². The van der Waals surface area contributed by atoms with Crippen LogP contribution in [-0.2, 0) is 11.8 Å². The number of H-pyrrole nitrogens is 1. The van der Waals surface area contributed by atoms with E-state index in [-0.39, 0.29) is 5.41 Å². The van der Waals surface area contributed by atoms with Gasteiger partial charge in [-0.25, -0.2) is 0 Å². The van der Waals surface area contributed by atoms with Gasteiger partial charge in [0.25, 0.3) is 0 Å². The molecule has 4 aromatic carbocycles. The highest BCUT2D eigenvalue weighted by atomic mass is 14.7. The first-order valence-electron chi connectivity index (χ1n) is 11.4. The number of para-hydroxylation sites is 1. The van der Waals surface area contributed by atoms with E-state index in [0.717, 1.165) is 12.8 Å². The van der Waals surface area contributed by atoms with E-state index < -0.39 is 0 Å². The highest BCUT2D eigenvalue weighted by molar-refractivity contribution is 6.07. The third-order valence-electron chi connectivity index (χ3n) is 7.61. The quantitative estimate of drug-likeness (QED) is 0.315. The zero-order valence-electron chi connectivity index (χ0n) is 18.2. The molecule has 0 bridgehead atoms. The largest absolute Gasteiger partial charge is 0.355 e. The summed E-state index contributed by atoms with van der Waals surface area (Å²) in [7, 11) is 0. The van der Waals surface area contributed by atoms with E-state index >= 15 is 0 Å². The fraction of sp³-hybridized carbons (Fsp3) is 0.200. The van der Waals surface area contributed by atoms with E-state index in [0.29, 0.717) is 5.92 Å². The second-order valence-electron chi connectivity index (χ2n) is 9.10. The van der Waals surface area contributed by atoms with Gasteiger partial charge in [0.05, 0.1) is 0 Å². The molecule has 1 aliphatic carbocycles. The Kier molecular flexibility index (Phi) is 4.08. The van der Waals surface area contributed by atoms with Gasteiger partial charge < -0.3 is 4.98 Å². The summed E-state index contributed by atoms with van der Waals surface area (Å²) in [4.78, 5) is 3.64. The molecule has 1 heterocycles. The number of hydrogen-bond acceptors (Lipinski definition) is 0. The molecule has 152 valence electrons. The van der Waals surface area contributed by atoms with Crippen molar-refractivity contribution in [3.63, 3.8) is 0 Å². The molecular formula is C30H27N. The summed E-state index contributed by atoms with van der Waals surface area (Å²) >= 11 is 0. The molecule has 0 aliphatic heterocycles. The summed E-state index contributed by atoms with van der Waals surface area (Å²) in [5, 5.41) is 2.61. The lowest BCUT2D eigenvalue weighted by molar-refractivity contribution is 0.339. The Morgan fingerprint density at radius 2 is 1.32 bits per heavy atom. The van der Waals surface area contributed by atoms with Crippen molar-refractivity contribution in [3.8, 4) is 11.1 Å². The molecule has 1 unspecified atom stereocenters. The molecule has 1 aliphatic rings. The molecule has 1 atom stereocenters. The van der Waals surface area contributed by atoms with Crippen LogP contribution in [-0.4, -0.2) is 4.98 Å². The first kappa shape index (κ1) is 18.4. The number of rotatable bonds is 4. The molecule has 1 heteroatoms. The van der Waals surface area contributed by atoms with Crippen molar-refractivity contribution in [2.75, 3.05) is 0 Å². The third kappa shape index (κ3) is 2.56. The van der Waals surface area contributed by atoms with E-state index in [2.05, 4.69) is 110 Å². The van der Waals surface area contributed by atoms with Crippen molar-refractivity contribution in [1.29, 1.82) is 0 Å². The summed E-state index contributed by atoms with van der Waals surface area (Å²) in [5.41, 5.74) is 9.63. The number of benzene rings is 4. The molecular weight excluding hydrogens is 374 g/mol. The maximum Gasteiger partial charge on any atom is 0.0467 e. The molecule has 6 rings (SSSR count). The molecule has 0 saturated heterocycles. The van der Waals surface area contributed by atoms with E-state index in [1.807, 2.05) is 0 Å². The maximum atomic E-state index is 3.64. The van der Waals surface area contributed by atoms with Crippen LogP contribution in [0.15, 0.2) is 91.0 Å². The van der Waals surface area contributed by atoms with Crippen molar-refractivity contribution in [2.45, 2.75) is 32.1 Å². The summed E-state index contributed by atoms with van der Waals surface area (Å²) < 4.78 is 0. The summed E-state index contributed by atoms with van der Waals surface area (Å²) in [6.07, 6.45) is 2.17. The van der Waals surface area contributed by atoms with Crippen molar-refractivity contribution in [3.05, 3.63) is 108 Å². The first-order valence-corrected chi connectivity index (χ1v) is 11.4. The fourth-order valence-corrected chi connectivity index (χ4v) is 5.94. The molecule has 1 aromatic heterocycles. The molecule has 0 radical (unpaired) electrons. The van der Waals surface area contributed by atoms with Crippen molar-refractivity contribution in [1.82, 2.24) is 4.98 Å². The van der Waals surface area contributed by atoms with Gasteiger partial charge in [0.2, 0.25) is 0 Å². The minimum Gasteiger partial charge on any atom is -0.355 e. The van der Waals surface area contributed by atoms with E-state index in [1.165, 1.54) is 49.6 Å². The topological polar surface area (TPSA) is 15.8 Å². The Morgan fingerprint density at radius 1 is 0.710 bits per heavy atom. The number of aromatic amines is 1. The van der Waals surface area contributed by atoms with Gasteiger partial charge in [0.1, 0.15) is 0 Å². The van der Waals surface area contributed by atoms with Crippen molar-refractivity contribution < 1.29 is 0 Å². The molecule has 1 nitrogen and oxygen atoms in total. The van der Waals surface area contributed by atoms with E-state index in [4.69, 9.17) is 0 Å². The number of hydrogen-bond donors (Lipinski definition) is 1. The van der Waals surface area contributed by atoms with Gasteiger partial charge in [-0.05, 0) is 52.3 Å². The zero-order chi connectivity index (χ0) is 21.0. The Hall–Kier alpha value is -3.32. The molecule has 0 fully saturated rings. The molecule has 5 aromatic rings. The summed E-state index contributed by atoms with van der Waals surface area (Å²) in [6, 6.07) is 33.7. The molecule has 0 spiro atoms. The van der Waals surface area contributed by atoms with Crippen LogP contribution in [0.1, 0.15) is 37.0 Å². The number of fused-ring (bicyclic) bond motifs is 6. The van der Waals surface area contributed by atoms with Crippen molar-refractivity contribution in [2.24, 2.45) is 5.92 Å². The SMILES string of the molecule is CCC(C)C1(Cc2ccc3c(c2)[nH]c2ccccc23)c2ccccc2-c2ccccc21. The average Bonchev–Trinajstić information content (AvgIpc) is 3.33. The van der Waals surface area contributed by atoms with Gasteiger partial charge in [-0.3, -0.25) is 0 Å². The van der Waals surface area contributed by atoms with Crippen LogP contribution in [0.3, 0.4) is 0 Å². The van der Waals surface area contributed by atoms with Gasteiger partial charge in [-0.2, -0.15) is 0 Å². The molecule has 0 amide bonds. The Bertz CT molecular complexity index is 1380. The molecule has 0 saturated carbocycles. The second kappa shape index (κ2) is 6.85. The highest BCUT2D eigenvalue weighted by Crippen LogP contribution is 2.55. The lowest BCUT2D eigenvalue weighted by Gasteiger charge is -2.38. The Labute approximate surface area is 183 Å². The highest BCUT2D eigenvalue weighted by Gasteiger charge is 2.46. The average molecular weight is 402 g/mol. The van der Waals surface area contributed by atoms with Crippen LogP contribution in [0.5, 0.6) is 0 Å². The molecule has 1 N–H and O–H groups in total. The monoisotopic (exact) mass is 401 g/mol. The minimum atomic E-state index is 0.00162. The van der Waals surface area contributed by atoms with Crippen LogP contribution in [0.25, 0.3) is 32.9 Å². The summed E-state index contributed by atoms with van der Waals surface area (Å²) in [5.74, 6) is 0.538. The van der Waals surface area contributed by atoms with Gasteiger partial charge >= 0.3 is 0 Å². The van der Waals surface area contributed by atoms with Crippen molar-refractivity contribution >= 4 is 21.8 Å². The van der Waals surface area contributed by atoms with Crippen LogP contribution >= 0.6 is 0 Å². The number of nitrogens with one attached hydrogen (secondary N) is 1. The smallest absolute Gasteiger partial charge is 0.0467 e. The third-order valence-corrected chi connectivity index (χ3v) is 7.61. The molecule has 31 heavy (non-hydrogen) atoms. The predicted molar refractivity (Wildman–Crippen MR) is 132 cm³/mol. The number of aromatic nitrogens is 1. The first-order chi connectivity index (χ1) is 15.2. The van der Waals surface area contributed by atoms with Crippen LogP contribution in [0.2, 0.25) is 0 Å². The second-order valence-corrected chi connectivity index (χ2v) is 9.10. The van der Waals surface area contributed by atoms with Gasteiger partial charge in [0.15, 0.2) is 0 Å². The van der Waals surface area contributed by atoms with Gasteiger partial charge in [-0.1, -0.05) is 99.1 Å². The van der Waals surface area contributed by atoms with Crippen LogP contribution < -0.4 is 0 Å².